The van der Waals surface area contributed by atoms with Crippen molar-refractivity contribution in [1.82, 2.24) is 10.2 Å². The van der Waals surface area contributed by atoms with E-state index < -0.39 is 5.97 Å². The lowest BCUT2D eigenvalue weighted by molar-refractivity contribution is -0.136. The predicted molar refractivity (Wildman–Crippen MR) is 45.5 cm³/mol. The minimum atomic E-state index is -0.548. The number of nitrogens with zero attached hydrogens (tertiary/aromatic N) is 2. The Balaban J connectivity index is 2.62. The predicted octanol–water partition coefficient (Wildman–Crippen LogP) is 0.391. The summed E-state index contributed by atoms with van der Waals surface area (Å²) in [6.07, 6.45) is 1.54. The van der Waals surface area contributed by atoms with E-state index in [1.165, 1.54) is 6.20 Å². The minimum Gasteiger partial charge on any atom is -0.456 e. The number of carbonyl (C=O) groups excluding carboxylic acids is 1. The summed E-state index contributed by atoms with van der Waals surface area (Å²) in [6, 6.07) is 3.36. The molecule has 0 radical (unpaired) electrons. The fourth-order valence-electron chi connectivity index (χ4n) is 0.650. The lowest BCUT2D eigenvalue weighted by atomic mass is 10.4. The molecule has 1 aromatic rings. The third-order valence-electron chi connectivity index (χ3n) is 1.14. The van der Waals surface area contributed by atoms with Crippen molar-refractivity contribution >= 4 is 5.97 Å². The SMILES string of the molecule is CCOC(=O)C#Cc1cccnn1. The highest BCUT2D eigenvalue weighted by atomic mass is 16.5. The molecule has 1 aromatic heterocycles. The number of carbonyl (C=O) groups is 1. The number of aromatic nitrogens is 2. The fraction of sp³-hybridized carbons (Fsp3) is 0.222. The molecule has 0 aliphatic carbocycles. The number of hydrogen-bond acceptors (Lipinski definition) is 4. The normalized spacial score (nSPS) is 8.38. The van der Waals surface area contributed by atoms with Crippen LogP contribution in [0.1, 0.15) is 12.6 Å². The number of rotatable bonds is 1. The zero-order valence-electron chi connectivity index (χ0n) is 7.15. The molecule has 0 fully saturated rings. The van der Waals surface area contributed by atoms with Gasteiger partial charge in [0.25, 0.3) is 0 Å². The highest BCUT2D eigenvalue weighted by Crippen LogP contribution is 1.86. The van der Waals surface area contributed by atoms with Gasteiger partial charge >= 0.3 is 5.97 Å². The third-order valence-corrected chi connectivity index (χ3v) is 1.14. The van der Waals surface area contributed by atoms with Crippen molar-refractivity contribution in [2.24, 2.45) is 0 Å². The molecule has 0 amide bonds. The lowest BCUT2D eigenvalue weighted by Gasteiger charge is -1.90. The first-order chi connectivity index (χ1) is 6.33. The standard InChI is InChI=1S/C9H8N2O2/c1-2-13-9(12)6-5-8-4-3-7-10-11-8/h3-4,7H,2H2,1H3. The zero-order valence-corrected chi connectivity index (χ0v) is 7.15. The third kappa shape index (κ3) is 3.34. The number of esters is 1. The first-order valence-electron chi connectivity index (χ1n) is 3.79. The van der Waals surface area contributed by atoms with E-state index >= 15 is 0 Å². The summed E-state index contributed by atoms with van der Waals surface area (Å²) in [4.78, 5) is 10.8. The second-order valence-electron chi connectivity index (χ2n) is 2.08. The van der Waals surface area contributed by atoms with Crippen molar-refractivity contribution in [1.29, 1.82) is 0 Å². The molecule has 4 heteroatoms. The molecule has 0 atom stereocenters. The van der Waals surface area contributed by atoms with Crippen molar-refractivity contribution in [3.05, 3.63) is 24.0 Å². The lowest BCUT2D eigenvalue weighted by Crippen LogP contribution is -1.99. The molecule has 0 aliphatic heterocycles. The molecule has 13 heavy (non-hydrogen) atoms. The Morgan fingerprint density at radius 1 is 1.69 bits per heavy atom. The monoisotopic (exact) mass is 176 g/mol. The summed E-state index contributed by atoms with van der Waals surface area (Å²) in [6.45, 7) is 2.05. The first-order valence-corrected chi connectivity index (χ1v) is 3.79. The van der Waals surface area contributed by atoms with Crippen LogP contribution in [0, 0.1) is 11.8 Å². The van der Waals surface area contributed by atoms with Crippen LogP contribution in [0.25, 0.3) is 0 Å². The molecule has 0 saturated heterocycles. The van der Waals surface area contributed by atoms with Gasteiger partial charge < -0.3 is 4.74 Å². The van der Waals surface area contributed by atoms with Crippen LogP contribution >= 0.6 is 0 Å². The van der Waals surface area contributed by atoms with Gasteiger partial charge in [0.2, 0.25) is 0 Å². The van der Waals surface area contributed by atoms with Gasteiger partial charge in [-0.1, -0.05) is 0 Å². The highest BCUT2D eigenvalue weighted by molar-refractivity contribution is 5.88. The molecule has 1 heterocycles. The second-order valence-corrected chi connectivity index (χ2v) is 2.08. The summed E-state index contributed by atoms with van der Waals surface area (Å²) < 4.78 is 4.60. The molecule has 0 aliphatic rings. The topological polar surface area (TPSA) is 52.1 Å². The Morgan fingerprint density at radius 2 is 2.54 bits per heavy atom. The Kier molecular flexibility index (Phi) is 3.45. The zero-order chi connectivity index (χ0) is 9.52. The van der Waals surface area contributed by atoms with E-state index in [1.807, 2.05) is 0 Å². The molecule has 4 nitrogen and oxygen atoms in total. The minimum absolute atomic E-state index is 0.327. The van der Waals surface area contributed by atoms with Gasteiger partial charge in [0.05, 0.1) is 6.61 Å². The maximum Gasteiger partial charge on any atom is 0.384 e. The van der Waals surface area contributed by atoms with Crippen LogP contribution in [0.5, 0.6) is 0 Å². The van der Waals surface area contributed by atoms with Gasteiger partial charge in [-0.2, -0.15) is 5.10 Å². The molecular formula is C9H8N2O2. The van der Waals surface area contributed by atoms with E-state index in [1.54, 1.807) is 19.1 Å². The molecule has 0 spiro atoms. The van der Waals surface area contributed by atoms with Crippen LogP contribution in [-0.2, 0) is 9.53 Å². The van der Waals surface area contributed by atoms with Gasteiger partial charge in [-0.25, -0.2) is 4.79 Å². The quantitative estimate of drug-likeness (QED) is 0.459. The van der Waals surface area contributed by atoms with Crippen molar-refractivity contribution in [2.75, 3.05) is 6.61 Å². The Labute approximate surface area is 75.9 Å². The number of ether oxygens (including phenoxy) is 1. The van der Waals surface area contributed by atoms with Gasteiger partial charge in [0, 0.05) is 12.1 Å². The maximum atomic E-state index is 10.8. The van der Waals surface area contributed by atoms with Gasteiger partial charge in [-0.3, -0.25) is 0 Å². The Hall–Kier alpha value is -1.89. The van der Waals surface area contributed by atoms with Crippen molar-refractivity contribution in [3.8, 4) is 11.8 Å². The fourth-order valence-corrected chi connectivity index (χ4v) is 0.650. The van der Waals surface area contributed by atoms with Crippen LogP contribution in [0.2, 0.25) is 0 Å². The molecule has 0 bridgehead atoms. The van der Waals surface area contributed by atoms with Crippen LogP contribution in [-0.4, -0.2) is 22.8 Å². The van der Waals surface area contributed by atoms with E-state index in [9.17, 15) is 4.79 Å². The first kappa shape index (κ1) is 9.20. The molecule has 0 saturated carbocycles. The summed E-state index contributed by atoms with van der Waals surface area (Å²) in [5, 5.41) is 7.28. The molecular weight excluding hydrogens is 168 g/mol. The summed E-state index contributed by atoms with van der Waals surface area (Å²) in [7, 11) is 0. The van der Waals surface area contributed by atoms with E-state index in [-0.39, 0.29) is 0 Å². The van der Waals surface area contributed by atoms with Crippen molar-refractivity contribution < 1.29 is 9.53 Å². The largest absolute Gasteiger partial charge is 0.456 e. The maximum absolute atomic E-state index is 10.8. The highest BCUT2D eigenvalue weighted by Gasteiger charge is 1.92. The van der Waals surface area contributed by atoms with Gasteiger partial charge in [-0.05, 0) is 25.0 Å². The Morgan fingerprint density at radius 3 is 3.15 bits per heavy atom. The van der Waals surface area contributed by atoms with Crippen LogP contribution in [0.4, 0.5) is 0 Å². The smallest absolute Gasteiger partial charge is 0.384 e. The Bertz CT molecular complexity index is 338. The average molecular weight is 176 g/mol. The molecule has 1 rings (SSSR count). The summed E-state index contributed by atoms with van der Waals surface area (Å²) in [5.74, 6) is 4.27. The van der Waals surface area contributed by atoms with Crippen LogP contribution < -0.4 is 0 Å². The molecule has 0 aromatic carbocycles. The molecule has 0 unspecified atom stereocenters. The average Bonchev–Trinajstić information content (AvgIpc) is 2.17. The summed E-state index contributed by atoms with van der Waals surface area (Å²) in [5.41, 5.74) is 0.454. The molecule has 0 N–H and O–H groups in total. The van der Waals surface area contributed by atoms with Crippen LogP contribution in [0.15, 0.2) is 18.3 Å². The van der Waals surface area contributed by atoms with Crippen LogP contribution in [0.3, 0.4) is 0 Å². The van der Waals surface area contributed by atoms with E-state index in [0.717, 1.165) is 0 Å². The van der Waals surface area contributed by atoms with Gasteiger partial charge in [0.1, 0.15) is 5.69 Å². The molecule has 66 valence electrons. The summed E-state index contributed by atoms with van der Waals surface area (Å²) >= 11 is 0. The van der Waals surface area contributed by atoms with Gasteiger partial charge in [-0.15, -0.1) is 5.10 Å². The van der Waals surface area contributed by atoms with E-state index in [0.29, 0.717) is 12.3 Å². The number of hydrogen-bond donors (Lipinski definition) is 0. The second kappa shape index (κ2) is 4.88. The van der Waals surface area contributed by atoms with Crippen molar-refractivity contribution in [3.63, 3.8) is 0 Å². The van der Waals surface area contributed by atoms with Gasteiger partial charge in [0.15, 0.2) is 0 Å². The van der Waals surface area contributed by atoms with E-state index in [2.05, 4.69) is 26.8 Å². The van der Waals surface area contributed by atoms with Crippen molar-refractivity contribution in [2.45, 2.75) is 6.92 Å². The van der Waals surface area contributed by atoms with E-state index in [4.69, 9.17) is 0 Å².